The average Bonchev–Trinajstić information content (AvgIpc) is 3.31. The Morgan fingerprint density at radius 1 is 1.28 bits per heavy atom. The molecule has 0 radical (unpaired) electrons. The molecular weight excluding hydrogens is 493 g/mol. The molecule has 1 atom stereocenters. The van der Waals surface area contributed by atoms with Crippen molar-refractivity contribution in [2.75, 3.05) is 7.05 Å². The lowest BCUT2D eigenvalue weighted by Crippen LogP contribution is -2.30. The van der Waals surface area contributed by atoms with Gasteiger partial charge in [0.1, 0.15) is 23.1 Å². The van der Waals surface area contributed by atoms with E-state index in [2.05, 4.69) is 20.7 Å². The molecule has 3 N–H and O–H groups in total. The van der Waals surface area contributed by atoms with Crippen molar-refractivity contribution in [3.8, 4) is 28.8 Å². The molecule has 1 unspecified atom stereocenters. The molecule has 36 heavy (non-hydrogen) atoms. The van der Waals surface area contributed by atoms with Crippen molar-refractivity contribution in [2.45, 2.75) is 17.3 Å². The summed E-state index contributed by atoms with van der Waals surface area (Å²) in [4.78, 5) is 7.43. The summed E-state index contributed by atoms with van der Waals surface area (Å²) in [5.41, 5.74) is 9.00. The molecule has 0 fully saturated rings. The van der Waals surface area contributed by atoms with E-state index >= 15 is 0 Å². The number of allylic oxidation sites excluding steroid dienone is 3. The predicted octanol–water partition coefficient (Wildman–Crippen LogP) is 6.46. The standard InChI is InChI=1S/C27H24FN5OS2/c1-3-5-19(15-29)23-14-24(18-6-4-7-21(28)12-18)31-17-26(23)34-25-9-8-22(13-20(25)16-30)36-32-27-33(2)10-11-35-27/h3-15,17,27,32H,29H2,1-2H3/b5-3-,19-15+. The van der Waals surface area contributed by atoms with E-state index in [-0.39, 0.29) is 11.3 Å². The summed E-state index contributed by atoms with van der Waals surface area (Å²) in [6, 6.07) is 15.7. The van der Waals surface area contributed by atoms with Gasteiger partial charge in [0.2, 0.25) is 0 Å². The molecule has 0 amide bonds. The fraction of sp³-hybridized carbons (Fsp3) is 0.111. The van der Waals surface area contributed by atoms with Crippen molar-refractivity contribution >= 4 is 29.3 Å². The van der Waals surface area contributed by atoms with Crippen LogP contribution in [0.15, 0.2) is 89.6 Å². The third-order valence-corrected chi connectivity index (χ3v) is 7.23. The van der Waals surface area contributed by atoms with E-state index < -0.39 is 0 Å². The van der Waals surface area contributed by atoms with Gasteiger partial charge in [-0.25, -0.2) is 9.11 Å². The molecule has 3 aromatic rings. The number of hydrogen-bond donors (Lipinski definition) is 2. The Morgan fingerprint density at radius 3 is 2.83 bits per heavy atom. The van der Waals surface area contributed by atoms with Gasteiger partial charge in [-0.05, 0) is 60.7 Å². The zero-order valence-electron chi connectivity index (χ0n) is 19.7. The summed E-state index contributed by atoms with van der Waals surface area (Å²) >= 11 is 3.12. The lowest BCUT2D eigenvalue weighted by atomic mass is 10.0. The maximum Gasteiger partial charge on any atom is 0.153 e. The van der Waals surface area contributed by atoms with Crippen LogP contribution < -0.4 is 15.2 Å². The monoisotopic (exact) mass is 517 g/mol. The van der Waals surface area contributed by atoms with Crippen LogP contribution in [-0.2, 0) is 0 Å². The van der Waals surface area contributed by atoms with Crippen LogP contribution in [0.2, 0.25) is 0 Å². The highest BCUT2D eigenvalue weighted by Gasteiger charge is 2.17. The summed E-state index contributed by atoms with van der Waals surface area (Å²) in [7, 11) is 2.00. The summed E-state index contributed by atoms with van der Waals surface area (Å²) in [5.74, 6) is 0.476. The highest BCUT2D eigenvalue weighted by atomic mass is 32.2. The second-order valence-corrected chi connectivity index (χ2v) is 9.63. The minimum absolute atomic E-state index is 0.120. The van der Waals surface area contributed by atoms with Crippen LogP contribution in [0.3, 0.4) is 0 Å². The van der Waals surface area contributed by atoms with Crippen LogP contribution in [0.25, 0.3) is 16.8 Å². The Balaban J connectivity index is 1.64. The van der Waals surface area contributed by atoms with Crippen molar-refractivity contribution in [3.05, 3.63) is 102 Å². The smallest absolute Gasteiger partial charge is 0.153 e. The highest BCUT2D eigenvalue weighted by Crippen LogP contribution is 2.36. The number of aromatic nitrogens is 1. The van der Waals surface area contributed by atoms with E-state index in [0.717, 1.165) is 4.90 Å². The summed E-state index contributed by atoms with van der Waals surface area (Å²) in [5, 5.41) is 11.8. The normalized spacial score (nSPS) is 15.4. The predicted molar refractivity (Wildman–Crippen MR) is 145 cm³/mol. The van der Waals surface area contributed by atoms with Gasteiger partial charge in [-0.15, -0.1) is 0 Å². The molecule has 2 aromatic carbocycles. The van der Waals surface area contributed by atoms with E-state index in [1.54, 1.807) is 48.3 Å². The van der Waals surface area contributed by atoms with Gasteiger partial charge in [0.05, 0.1) is 17.5 Å². The molecule has 0 saturated carbocycles. The zero-order valence-corrected chi connectivity index (χ0v) is 21.3. The number of nitriles is 1. The molecule has 0 spiro atoms. The van der Waals surface area contributed by atoms with E-state index in [0.29, 0.717) is 39.5 Å². The number of nitrogens with zero attached hydrogens (tertiary/aromatic N) is 3. The second kappa shape index (κ2) is 11.8. The first kappa shape index (κ1) is 25.4. The van der Waals surface area contributed by atoms with Gasteiger partial charge in [-0.2, -0.15) is 5.26 Å². The topological polar surface area (TPSA) is 87.2 Å². The van der Waals surface area contributed by atoms with Crippen LogP contribution >= 0.6 is 23.7 Å². The molecule has 1 aliphatic heterocycles. The molecule has 2 heterocycles. The van der Waals surface area contributed by atoms with E-state index in [4.69, 9.17) is 10.5 Å². The molecule has 0 bridgehead atoms. The molecule has 6 nitrogen and oxygen atoms in total. The number of hydrogen-bond acceptors (Lipinski definition) is 8. The van der Waals surface area contributed by atoms with E-state index in [1.165, 1.54) is 30.3 Å². The first-order chi connectivity index (χ1) is 17.5. The molecule has 0 saturated heterocycles. The second-order valence-electron chi connectivity index (χ2n) is 7.73. The fourth-order valence-corrected chi connectivity index (χ4v) is 5.20. The largest absolute Gasteiger partial charge is 0.454 e. The Kier molecular flexibility index (Phi) is 8.33. The lowest BCUT2D eigenvalue weighted by molar-refractivity contribution is 0.428. The molecular formula is C27H24FN5OS2. The fourth-order valence-electron chi connectivity index (χ4n) is 3.45. The van der Waals surface area contributed by atoms with Crippen LogP contribution in [0.4, 0.5) is 4.39 Å². The first-order valence-corrected chi connectivity index (χ1v) is 12.8. The van der Waals surface area contributed by atoms with Crippen molar-refractivity contribution in [3.63, 3.8) is 0 Å². The summed E-state index contributed by atoms with van der Waals surface area (Å²) in [6.07, 6.45) is 8.75. The number of ether oxygens (including phenoxy) is 1. The third-order valence-electron chi connectivity index (χ3n) is 5.27. The van der Waals surface area contributed by atoms with Crippen molar-refractivity contribution in [1.29, 1.82) is 5.26 Å². The van der Waals surface area contributed by atoms with Gasteiger partial charge in [-0.3, -0.25) is 4.98 Å². The van der Waals surface area contributed by atoms with Gasteiger partial charge >= 0.3 is 0 Å². The molecule has 0 aliphatic carbocycles. The number of nitrogens with one attached hydrogen (secondary N) is 1. The molecule has 182 valence electrons. The Labute approximate surface area is 218 Å². The van der Waals surface area contributed by atoms with Crippen LogP contribution in [-0.4, -0.2) is 22.4 Å². The number of pyridine rings is 1. The van der Waals surface area contributed by atoms with Gasteiger partial charge in [-0.1, -0.05) is 36.0 Å². The van der Waals surface area contributed by atoms with E-state index in [9.17, 15) is 9.65 Å². The first-order valence-electron chi connectivity index (χ1n) is 11.0. The minimum Gasteiger partial charge on any atom is -0.454 e. The van der Waals surface area contributed by atoms with Gasteiger partial charge in [0.25, 0.3) is 0 Å². The maximum atomic E-state index is 13.8. The Bertz CT molecular complexity index is 1380. The summed E-state index contributed by atoms with van der Waals surface area (Å²) in [6.45, 7) is 1.88. The number of halogens is 1. The average molecular weight is 518 g/mol. The van der Waals surface area contributed by atoms with Crippen molar-refractivity contribution in [1.82, 2.24) is 14.6 Å². The minimum atomic E-state index is -0.347. The number of benzene rings is 2. The molecule has 4 rings (SSSR count). The van der Waals surface area contributed by atoms with Crippen molar-refractivity contribution < 1.29 is 9.13 Å². The summed E-state index contributed by atoms with van der Waals surface area (Å²) < 4.78 is 23.4. The maximum absolute atomic E-state index is 13.8. The Morgan fingerprint density at radius 2 is 2.14 bits per heavy atom. The van der Waals surface area contributed by atoms with Gasteiger partial charge < -0.3 is 15.4 Å². The number of thioether (sulfide) groups is 1. The quantitative estimate of drug-likeness (QED) is 0.260. The van der Waals surface area contributed by atoms with Crippen LogP contribution in [0, 0.1) is 17.1 Å². The number of rotatable bonds is 8. The zero-order chi connectivity index (χ0) is 25.5. The van der Waals surface area contributed by atoms with Gasteiger partial charge in [0.15, 0.2) is 5.75 Å². The third kappa shape index (κ3) is 5.91. The lowest BCUT2D eigenvalue weighted by Gasteiger charge is -2.20. The SMILES string of the molecule is C/C=C\C(=C/N)c1cc(-c2cccc(F)c2)ncc1Oc1ccc(SNC2SC=CN2C)cc1C#N. The molecule has 1 aromatic heterocycles. The van der Waals surface area contributed by atoms with Crippen LogP contribution in [0.5, 0.6) is 11.5 Å². The van der Waals surface area contributed by atoms with Crippen LogP contribution in [0.1, 0.15) is 18.1 Å². The van der Waals surface area contributed by atoms with Crippen molar-refractivity contribution in [2.24, 2.45) is 5.73 Å². The number of nitrogens with two attached hydrogens (primary N) is 1. The highest BCUT2D eigenvalue weighted by molar-refractivity contribution is 8.04. The molecule has 9 heteroatoms. The van der Waals surface area contributed by atoms with Gasteiger partial charge in [0, 0.05) is 41.0 Å². The van der Waals surface area contributed by atoms with E-state index in [1.807, 2.05) is 43.8 Å². The Hall–Kier alpha value is -3.71. The molecule has 1 aliphatic rings.